The van der Waals surface area contributed by atoms with E-state index in [1.807, 2.05) is 0 Å². The number of methoxy groups -OCH3 is 1. The van der Waals surface area contributed by atoms with Gasteiger partial charge in [-0.2, -0.15) is 4.98 Å². The summed E-state index contributed by atoms with van der Waals surface area (Å²) in [5.41, 5.74) is 5.91. The highest BCUT2D eigenvalue weighted by molar-refractivity contribution is 4.92. The first kappa shape index (κ1) is 12.1. The minimum Gasteiger partial charge on any atom is -0.384 e. The molecule has 5 nitrogen and oxygen atoms in total. The van der Waals surface area contributed by atoms with E-state index < -0.39 is 0 Å². The van der Waals surface area contributed by atoms with Gasteiger partial charge in [-0.1, -0.05) is 19.0 Å². The Morgan fingerprint density at radius 2 is 2.20 bits per heavy atom. The highest BCUT2D eigenvalue weighted by Gasteiger charge is 2.15. The Balaban J connectivity index is 2.51. The number of ether oxygens (including phenoxy) is 1. The third kappa shape index (κ3) is 3.97. The van der Waals surface area contributed by atoms with E-state index in [1.54, 1.807) is 7.11 Å². The number of aromatic nitrogens is 2. The van der Waals surface area contributed by atoms with Crippen LogP contribution in [0.1, 0.15) is 38.0 Å². The smallest absolute Gasteiger partial charge is 0.243 e. The van der Waals surface area contributed by atoms with Crippen molar-refractivity contribution in [2.45, 2.75) is 32.7 Å². The number of hydrogen-bond donors (Lipinski definition) is 1. The van der Waals surface area contributed by atoms with E-state index in [0.29, 0.717) is 30.7 Å². The van der Waals surface area contributed by atoms with Gasteiger partial charge in [-0.25, -0.2) is 0 Å². The van der Waals surface area contributed by atoms with Gasteiger partial charge in [-0.3, -0.25) is 0 Å². The molecule has 86 valence electrons. The fourth-order valence-electron chi connectivity index (χ4n) is 1.32. The predicted molar refractivity (Wildman–Crippen MR) is 56.3 cm³/mol. The number of nitrogens with zero attached hydrogens (tertiary/aromatic N) is 2. The third-order valence-electron chi connectivity index (χ3n) is 2.06. The quantitative estimate of drug-likeness (QED) is 0.771. The van der Waals surface area contributed by atoms with Gasteiger partial charge >= 0.3 is 0 Å². The van der Waals surface area contributed by atoms with Gasteiger partial charge in [0.05, 0.1) is 12.6 Å². The summed E-state index contributed by atoms with van der Waals surface area (Å²) in [6, 6.07) is -0.159. The zero-order chi connectivity index (χ0) is 11.3. The van der Waals surface area contributed by atoms with Gasteiger partial charge in [0.15, 0.2) is 5.82 Å². The van der Waals surface area contributed by atoms with Gasteiger partial charge < -0.3 is 15.0 Å². The zero-order valence-electron chi connectivity index (χ0n) is 9.56. The minimum atomic E-state index is -0.159. The molecule has 0 radical (unpaired) electrons. The molecule has 0 bridgehead atoms. The minimum absolute atomic E-state index is 0.159. The molecule has 0 amide bonds. The normalized spacial score (nSPS) is 13.4. The maximum atomic E-state index is 5.91. The first-order valence-electron chi connectivity index (χ1n) is 5.20. The van der Waals surface area contributed by atoms with Gasteiger partial charge in [0.1, 0.15) is 0 Å². The summed E-state index contributed by atoms with van der Waals surface area (Å²) in [5.74, 6) is 1.70. The Bertz CT molecular complexity index is 286. The maximum Gasteiger partial charge on any atom is 0.243 e. The first-order chi connectivity index (χ1) is 7.13. The van der Waals surface area contributed by atoms with Crippen molar-refractivity contribution >= 4 is 0 Å². The second-order valence-electron chi connectivity index (χ2n) is 4.03. The molecule has 1 aromatic heterocycles. The van der Waals surface area contributed by atoms with Crippen LogP contribution in [0.5, 0.6) is 0 Å². The van der Waals surface area contributed by atoms with Gasteiger partial charge in [-0.15, -0.1) is 0 Å². The molecular weight excluding hydrogens is 194 g/mol. The molecule has 1 aromatic rings. The van der Waals surface area contributed by atoms with Crippen molar-refractivity contribution in [3.63, 3.8) is 0 Å². The Hall–Kier alpha value is -0.940. The molecule has 15 heavy (non-hydrogen) atoms. The molecule has 0 fully saturated rings. The van der Waals surface area contributed by atoms with E-state index in [-0.39, 0.29) is 6.04 Å². The summed E-state index contributed by atoms with van der Waals surface area (Å²) in [5, 5.41) is 3.84. The second kappa shape index (κ2) is 5.82. The summed E-state index contributed by atoms with van der Waals surface area (Å²) >= 11 is 0. The van der Waals surface area contributed by atoms with Crippen LogP contribution in [0.15, 0.2) is 4.52 Å². The van der Waals surface area contributed by atoms with Crippen LogP contribution in [0.4, 0.5) is 0 Å². The Labute approximate surface area is 90.0 Å². The van der Waals surface area contributed by atoms with E-state index in [4.69, 9.17) is 15.0 Å². The molecule has 0 unspecified atom stereocenters. The van der Waals surface area contributed by atoms with Crippen molar-refractivity contribution in [2.75, 3.05) is 13.7 Å². The number of rotatable bonds is 6. The van der Waals surface area contributed by atoms with Crippen molar-refractivity contribution < 1.29 is 9.26 Å². The lowest BCUT2D eigenvalue weighted by Crippen LogP contribution is -2.13. The average Bonchev–Trinajstić information content (AvgIpc) is 2.62. The van der Waals surface area contributed by atoms with Gasteiger partial charge in [0.2, 0.25) is 5.89 Å². The van der Waals surface area contributed by atoms with Crippen LogP contribution < -0.4 is 5.73 Å². The molecule has 0 aromatic carbocycles. The van der Waals surface area contributed by atoms with E-state index in [1.165, 1.54) is 0 Å². The first-order valence-corrected chi connectivity index (χ1v) is 5.20. The molecule has 0 aliphatic heterocycles. The molecule has 0 aliphatic rings. The molecule has 0 saturated carbocycles. The monoisotopic (exact) mass is 213 g/mol. The fraction of sp³-hybridized carbons (Fsp3) is 0.800. The molecule has 0 aliphatic carbocycles. The molecule has 2 N–H and O–H groups in total. The average molecular weight is 213 g/mol. The topological polar surface area (TPSA) is 74.2 Å². The van der Waals surface area contributed by atoms with Gasteiger partial charge in [0.25, 0.3) is 0 Å². The number of nitrogens with two attached hydrogens (primary N) is 1. The lowest BCUT2D eigenvalue weighted by molar-refractivity contribution is 0.199. The Morgan fingerprint density at radius 1 is 1.47 bits per heavy atom. The standard InChI is InChI=1S/C10H19N3O2/c1-7(2)6-8(11)10-12-9(13-15-10)4-5-14-3/h7-8H,4-6,11H2,1-3H3/t8-/m1/s1. The lowest BCUT2D eigenvalue weighted by atomic mass is 10.0. The van der Waals surface area contributed by atoms with Crippen LogP contribution in [0, 0.1) is 5.92 Å². The van der Waals surface area contributed by atoms with Crippen molar-refractivity contribution in [3.05, 3.63) is 11.7 Å². The van der Waals surface area contributed by atoms with Crippen molar-refractivity contribution in [3.8, 4) is 0 Å². The summed E-state index contributed by atoms with van der Waals surface area (Å²) in [6.07, 6.45) is 1.51. The predicted octanol–water partition coefficient (Wildman–Crippen LogP) is 1.30. The van der Waals surface area contributed by atoms with E-state index >= 15 is 0 Å². The summed E-state index contributed by atoms with van der Waals surface area (Å²) < 4.78 is 10.0. The van der Waals surface area contributed by atoms with Crippen LogP contribution in [0.25, 0.3) is 0 Å². The molecule has 0 spiro atoms. The van der Waals surface area contributed by atoms with Crippen molar-refractivity contribution in [1.29, 1.82) is 0 Å². The third-order valence-corrected chi connectivity index (χ3v) is 2.06. The molecule has 1 atom stereocenters. The van der Waals surface area contributed by atoms with Gasteiger partial charge in [0, 0.05) is 13.5 Å². The van der Waals surface area contributed by atoms with Gasteiger partial charge in [-0.05, 0) is 12.3 Å². The largest absolute Gasteiger partial charge is 0.384 e. The highest BCUT2D eigenvalue weighted by atomic mass is 16.5. The molecule has 0 saturated heterocycles. The summed E-state index contributed by atoms with van der Waals surface area (Å²) in [6.45, 7) is 4.82. The Morgan fingerprint density at radius 3 is 2.80 bits per heavy atom. The van der Waals surface area contributed by atoms with Crippen LogP contribution in [0.2, 0.25) is 0 Å². The van der Waals surface area contributed by atoms with Crippen LogP contribution in [-0.2, 0) is 11.2 Å². The van der Waals surface area contributed by atoms with Crippen LogP contribution in [-0.4, -0.2) is 23.9 Å². The molecule has 1 heterocycles. The van der Waals surface area contributed by atoms with E-state index in [2.05, 4.69) is 24.0 Å². The van der Waals surface area contributed by atoms with Crippen LogP contribution in [0.3, 0.4) is 0 Å². The van der Waals surface area contributed by atoms with E-state index in [9.17, 15) is 0 Å². The second-order valence-corrected chi connectivity index (χ2v) is 4.03. The summed E-state index contributed by atoms with van der Waals surface area (Å²) in [4.78, 5) is 4.22. The molecule has 1 rings (SSSR count). The molecular formula is C10H19N3O2. The fourth-order valence-corrected chi connectivity index (χ4v) is 1.32. The van der Waals surface area contributed by atoms with Crippen molar-refractivity contribution in [1.82, 2.24) is 10.1 Å². The van der Waals surface area contributed by atoms with Crippen LogP contribution >= 0.6 is 0 Å². The zero-order valence-corrected chi connectivity index (χ0v) is 9.56. The van der Waals surface area contributed by atoms with Crippen molar-refractivity contribution in [2.24, 2.45) is 11.7 Å². The SMILES string of the molecule is COCCc1noc([C@H](N)CC(C)C)n1. The molecule has 5 heteroatoms. The highest BCUT2D eigenvalue weighted by Crippen LogP contribution is 2.16. The summed E-state index contributed by atoms with van der Waals surface area (Å²) in [7, 11) is 1.64. The lowest BCUT2D eigenvalue weighted by Gasteiger charge is -2.08. The van der Waals surface area contributed by atoms with E-state index in [0.717, 1.165) is 6.42 Å². The Kier molecular flexibility index (Phi) is 4.71. The maximum absolute atomic E-state index is 5.91. The number of hydrogen-bond acceptors (Lipinski definition) is 5.